The van der Waals surface area contributed by atoms with Crippen molar-refractivity contribution in [2.45, 2.75) is 58.8 Å². The summed E-state index contributed by atoms with van der Waals surface area (Å²) >= 11 is 1.25. The van der Waals surface area contributed by atoms with Gasteiger partial charge in [0.15, 0.2) is 5.78 Å². The zero-order valence-electron chi connectivity index (χ0n) is 10.2. The number of rotatable bonds is 8. The smallest absolute Gasteiger partial charge is 0.176 e. The Morgan fingerprint density at radius 2 is 2.00 bits per heavy atom. The Morgan fingerprint density at radius 1 is 1.19 bits per heavy atom. The summed E-state index contributed by atoms with van der Waals surface area (Å²) in [5.41, 5.74) is 0.896. The van der Waals surface area contributed by atoms with Gasteiger partial charge in [-0.05, 0) is 24.4 Å². The number of aryl methyl sites for hydroxylation is 1. The minimum Gasteiger partial charge on any atom is -0.293 e. The van der Waals surface area contributed by atoms with Gasteiger partial charge >= 0.3 is 0 Å². The number of carbonyl (C=O) groups excluding carboxylic acids is 1. The predicted molar refractivity (Wildman–Crippen MR) is 67.0 cm³/mol. The zero-order valence-corrected chi connectivity index (χ0v) is 11.0. The Kier molecular flexibility index (Phi) is 6.23. The fourth-order valence-corrected chi connectivity index (χ4v) is 2.32. The SMILES string of the molecule is CCCCCCC(=O)c1snnc1CCC. The Balaban J connectivity index is 2.42. The van der Waals surface area contributed by atoms with E-state index in [0.29, 0.717) is 6.42 Å². The Morgan fingerprint density at radius 3 is 2.69 bits per heavy atom. The van der Waals surface area contributed by atoms with Crippen molar-refractivity contribution in [1.82, 2.24) is 9.59 Å². The van der Waals surface area contributed by atoms with Crippen molar-refractivity contribution in [2.75, 3.05) is 0 Å². The quantitative estimate of drug-likeness (QED) is 0.514. The topological polar surface area (TPSA) is 42.9 Å². The second-order valence-electron chi connectivity index (χ2n) is 4.03. The second-order valence-corrected chi connectivity index (χ2v) is 4.79. The largest absolute Gasteiger partial charge is 0.293 e. The van der Waals surface area contributed by atoms with Crippen LogP contribution in [0.25, 0.3) is 0 Å². The highest BCUT2D eigenvalue weighted by atomic mass is 32.1. The lowest BCUT2D eigenvalue weighted by Gasteiger charge is -1.99. The van der Waals surface area contributed by atoms with Gasteiger partial charge in [0, 0.05) is 6.42 Å². The molecular formula is C12H20N2OS. The van der Waals surface area contributed by atoms with Gasteiger partial charge < -0.3 is 0 Å². The van der Waals surface area contributed by atoms with Crippen LogP contribution in [-0.4, -0.2) is 15.4 Å². The van der Waals surface area contributed by atoms with Crippen LogP contribution in [-0.2, 0) is 6.42 Å². The summed E-state index contributed by atoms with van der Waals surface area (Å²) in [4.78, 5) is 12.7. The molecule has 3 nitrogen and oxygen atoms in total. The molecule has 0 atom stereocenters. The highest BCUT2D eigenvalue weighted by Crippen LogP contribution is 2.16. The zero-order chi connectivity index (χ0) is 11.8. The molecule has 90 valence electrons. The molecule has 0 aliphatic heterocycles. The van der Waals surface area contributed by atoms with Gasteiger partial charge in [0.25, 0.3) is 0 Å². The first-order valence-electron chi connectivity index (χ1n) is 6.14. The molecule has 1 aromatic heterocycles. The van der Waals surface area contributed by atoms with Crippen molar-refractivity contribution >= 4 is 17.3 Å². The van der Waals surface area contributed by atoms with Crippen molar-refractivity contribution < 1.29 is 4.79 Å². The van der Waals surface area contributed by atoms with Crippen LogP contribution in [0.4, 0.5) is 0 Å². The summed E-state index contributed by atoms with van der Waals surface area (Å²) in [7, 11) is 0. The highest BCUT2D eigenvalue weighted by Gasteiger charge is 2.14. The Hall–Kier alpha value is -0.770. The van der Waals surface area contributed by atoms with Gasteiger partial charge in [-0.2, -0.15) is 0 Å². The molecule has 0 N–H and O–H groups in total. The van der Waals surface area contributed by atoms with E-state index >= 15 is 0 Å². The third kappa shape index (κ3) is 4.00. The highest BCUT2D eigenvalue weighted by molar-refractivity contribution is 7.08. The molecule has 0 spiro atoms. The second kappa shape index (κ2) is 7.49. The lowest BCUT2D eigenvalue weighted by Crippen LogP contribution is -2.01. The number of hydrogen-bond donors (Lipinski definition) is 0. The maximum absolute atomic E-state index is 11.9. The fraction of sp³-hybridized carbons (Fsp3) is 0.750. The van der Waals surface area contributed by atoms with Gasteiger partial charge in [-0.1, -0.05) is 44.0 Å². The minimum atomic E-state index is 0.231. The Labute approximate surface area is 101 Å². The summed E-state index contributed by atoms with van der Waals surface area (Å²) in [5, 5.41) is 4.02. The normalized spacial score (nSPS) is 10.6. The van der Waals surface area contributed by atoms with E-state index < -0.39 is 0 Å². The molecule has 0 radical (unpaired) electrons. The predicted octanol–water partition coefficient (Wildman–Crippen LogP) is 3.64. The van der Waals surface area contributed by atoms with E-state index in [0.717, 1.165) is 36.3 Å². The first-order chi connectivity index (χ1) is 7.79. The van der Waals surface area contributed by atoms with E-state index in [4.69, 9.17) is 0 Å². The van der Waals surface area contributed by atoms with Crippen molar-refractivity contribution in [1.29, 1.82) is 0 Å². The molecule has 16 heavy (non-hydrogen) atoms. The van der Waals surface area contributed by atoms with Crippen LogP contribution in [0, 0.1) is 0 Å². The van der Waals surface area contributed by atoms with Gasteiger partial charge in [0.2, 0.25) is 0 Å². The molecule has 0 bridgehead atoms. The molecule has 0 aliphatic rings. The summed E-state index contributed by atoms with van der Waals surface area (Å²) in [5.74, 6) is 0.231. The van der Waals surface area contributed by atoms with Crippen molar-refractivity contribution in [3.63, 3.8) is 0 Å². The number of ketones is 1. The van der Waals surface area contributed by atoms with Crippen molar-refractivity contribution in [3.05, 3.63) is 10.6 Å². The number of unbranched alkanes of at least 4 members (excludes halogenated alkanes) is 3. The molecule has 0 aromatic carbocycles. The molecule has 1 aromatic rings. The monoisotopic (exact) mass is 240 g/mol. The number of nitrogens with zero attached hydrogens (tertiary/aromatic N) is 2. The maximum Gasteiger partial charge on any atom is 0.176 e. The summed E-state index contributed by atoms with van der Waals surface area (Å²) in [6.45, 7) is 4.27. The maximum atomic E-state index is 11.9. The van der Waals surface area contributed by atoms with E-state index in [9.17, 15) is 4.79 Å². The van der Waals surface area contributed by atoms with Gasteiger partial charge in [0.1, 0.15) is 4.88 Å². The van der Waals surface area contributed by atoms with Crippen LogP contribution in [0.15, 0.2) is 0 Å². The first kappa shape index (κ1) is 13.3. The van der Waals surface area contributed by atoms with Crippen molar-refractivity contribution in [3.8, 4) is 0 Å². The van der Waals surface area contributed by atoms with Crippen LogP contribution in [0.3, 0.4) is 0 Å². The average molecular weight is 240 g/mol. The van der Waals surface area contributed by atoms with Gasteiger partial charge in [-0.15, -0.1) is 5.10 Å². The van der Waals surface area contributed by atoms with E-state index in [1.807, 2.05) is 0 Å². The third-order valence-electron chi connectivity index (χ3n) is 2.55. The van der Waals surface area contributed by atoms with Crippen LogP contribution in [0.1, 0.15) is 67.7 Å². The summed E-state index contributed by atoms with van der Waals surface area (Å²) < 4.78 is 3.88. The molecule has 0 unspecified atom stereocenters. The molecule has 0 saturated carbocycles. The summed E-state index contributed by atoms with van der Waals surface area (Å²) in [6.07, 6.45) is 7.11. The minimum absolute atomic E-state index is 0.231. The lowest BCUT2D eigenvalue weighted by atomic mass is 10.1. The third-order valence-corrected chi connectivity index (χ3v) is 3.36. The lowest BCUT2D eigenvalue weighted by molar-refractivity contribution is 0.0982. The molecule has 1 heterocycles. The average Bonchev–Trinajstić information content (AvgIpc) is 2.73. The van der Waals surface area contributed by atoms with E-state index in [2.05, 4.69) is 23.4 Å². The van der Waals surface area contributed by atoms with Crippen LogP contribution in [0.5, 0.6) is 0 Å². The molecular weight excluding hydrogens is 220 g/mol. The molecule has 1 rings (SSSR count). The van der Waals surface area contributed by atoms with Gasteiger partial charge in [-0.3, -0.25) is 4.79 Å². The fourth-order valence-electron chi connectivity index (χ4n) is 1.65. The standard InChI is InChI=1S/C12H20N2OS/c1-3-5-6-7-9-11(15)12-10(8-4-2)13-14-16-12/h3-9H2,1-2H3. The van der Waals surface area contributed by atoms with Crippen LogP contribution >= 0.6 is 11.5 Å². The van der Waals surface area contributed by atoms with Crippen LogP contribution in [0.2, 0.25) is 0 Å². The summed E-state index contributed by atoms with van der Waals surface area (Å²) in [6, 6.07) is 0. The van der Waals surface area contributed by atoms with Crippen LogP contribution < -0.4 is 0 Å². The number of aromatic nitrogens is 2. The van der Waals surface area contributed by atoms with Gasteiger partial charge in [-0.25, -0.2) is 0 Å². The first-order valence-corrected chi connectivity index (χ1v) is 6.91. The number of Topliss-reactive ketones (excluding diaryl/α,β-unsaturated/α-hetero) is 1. The Bertz CT molecular complexity index is 323. The molecule has 0 aliphatic carbocycles. The molecule has 4 heteroatoms. The van der Waals surface area contributed by atoms with E-state index in [1.165, 1.54) is 24.4 Å². The van der Waals surface area contributed by atoms with E-state index in [-0.39, 0.29) is 5.78 Å². The molecule has 0 fully saturated rings. The van der Waals surface area contributed by atoms with Crippen molar-refractivity contribution in [2.24, 2.45) is 0 Å². The van der Waals surface area contributed by atoms with E-state index in [1.54, 1.807) is 0 Å². The molecule has 0 saturated heterocycles. The van der Waals surface area contributed by atoms with Gasteiger partial charge in [0.05, 0.1) is 5.69 Å². The number of hydrogen-bond acceptors (Lipinski definition) is 4. The molecule has 0 amide bonds. The number of carbonyl (C=O) groups is 1.